The van der Waals surface area contributed by atoms with Gasteiger partial charge in [0.25, 0.3) is 0 Å². The molecular weight excluding hydrogens is 406 g/mol. The van der Waals surface area contributed by atoms with Crippen molar-refractivity contribution in [2.75, 3.05) is 14.2 Å². The molecule has 4 rings (SSSR count). The molecule has 1 aliphatic rings. The van der Waals surface area contributed by atoms with E-state index in [-0.39, 0.29) is 18.0 Å². The van der Waals surface area contributed by atoms with Gasteiger partial charge in [0.15, 0.2) is 0 Å². The number of hydrogen-bond acceptors (Lipinski definition) is 3. The van der Waals surface area contributed by atoms with Crippen LogP contribution in [0.25, 0.3) is 0 Å². The van der Waals surface area contributed by atoms with Crippen LogP contribution in [0.3, 0.4) is 0 Å². The summed E-state index contributed by atoms with van der Waals surface area (Å²) < 4.78 is 5.77. The molecule has 0 unspecified atom stereocenters. The van der Waals surface area contributed by atoms with Gasteiger partial charge in [-0.25, -0.2) is 0 Å². The summed E-state index contributed by atoms with van der Waals surface area (Å²) in [6.45, 7) is 2.24. The fraction of sp³-hybridized carbons (Fsp3) is 0.400. The molecule has 0 aliphatic carbocycles. The number of aliphatic hydroxyl groups is 1. The highest BCUT2D eigenvalue weighted by Gasteiger charge is 2.52. The number of piperidine rings is 1. The minimum atomic E-state index is -1.01. The van der Waals surface area contributed by atoms with Gasteiger partial charge in [0.1, 0.15) is 5.75 Å². The summed E-state index contributed by atoms with van der Waals surface area (Å²) in [5.41, 5.74) is 2.40. The number of para-hydroxylation sites is 1. The van der Waals surface area contributed by atoms with E-state index in [1.165, 1.54) is 17.5 Å². The van der Waals surface area contributed by atoms with Crippen LogP contribution < -0.4 is 4.74 Å². The summed E-state index contributed by atoms with van der Waals surface area (Å²) in [6, 6.07) is 29.5. The van der Waals surface area contributed by atoms with E-state index in [9.17, 15) is 5.11 Å². The Balaban J connectivity index is 1.88. The summed E-state index contributed by atoms with van der Waals surface area (Å²) >= 11 is 0. The number of rotatable bonds is 8. The molecule has 3 aromatic carbocycles. The zero-order valence-electron chi connectivity index (χ0n) is 20.2. The monoisotopic (exact) mass is 443 g/mol. The van der Waals surface area contributed by atoms with Crippen molar-refractivity contribution in [1.29, 1.82) is 0 Å². The van der Waals surface area contributed by atoms with Crippen molar-refractivity contribution in [1.82, 2.24) is 4.90 Å². The minimum absolute atomic E-state index is 0.0488. The first-order valence-electron chi connectivity index (χ1n) is 12.3. The number of unbranched alkanes of at least 4 members (excludes halogenated alkanes) is 2. The highest BCUT2D eigenvalue weighted by atomic mass is 16.5. The quantitative estimate of drug-likeness (QED) is 0.385. The van der Waals surface area contributed by atoms with Crippen LogP contribution in [-0.2, 0) is 5.60 Å². The summed E-state index contributed by atoms with van der Waals surface area (Å²) in [7, 11) is 3.93. The van der Waals surface area contributed by atoms with E-state index >= 15 is 0 Å². The van der Waals surface area contributed by atoms with Gasteiger partial charge >= 0.3 is 0 Å². The molecule has 0 aromatic heterocycles. The normalized spacial score (nSPS) is 25.6. The van der Waals surface area contributed by atoms with E-state index in [4.69, 9.17) is 4.74 Å². The Labute approximate surface area is 199 Å². The molecule has 3 nitrogen and oxygen atoms in total. The third kappa shape index (κ3) is 4.71. The van der Waals surface area contributed by atoms with E-state index in [1.54, 1.807) is 7.11 Å². The van der Waals surface area contributed by atoms with Gasteiger partial charge in [-0.15, -0.1) is 0 Å². The lowest BCUT2D eigenvalue weighted by molar-refractivity contribution is -0.131. The number of methoxy groups -OCH3 is 1. The first-order valence-corrected chi connectivity index (χ1v) is 12.3. The number of likely N-dealkylation sites (tertiary alicyclic amines) is 1. The van der Waals surface area contributed by atoms with Gasteiger partial charge in [-0.3, -0.25) is 4.90 Å². The molecular formula is C30H37NO2. The molecule has 0 amide bonds. The molecule has 0 saturated carbocycles. The number of ether oxygens (including phenoxy) is 1. The van der Waals surface area contributed by atoms with Crippen LogP contribution in [0.2, 0.25) is 0 Å². The molecule has 3 heteroatoms. The Bertz CT molecular complexity index is 1010. The van der Waals surface area contributed by atoms with Crippen LogP contribution in [0, 0.1) is 5.92 Å². The number of benzene rings is 3. The Morgan fingerprint density at radius 3 is 2.12 bits per heavy atom. The second kappa shape index (κ2) is 10.5. The van der Waals surface area contributed by atoms with E-state index in [0.29, 0.717) is 6.42 Å². The average molecular weight is 444 g/mol. The largest absolute Gasteiger partial charge is 0.496 e. The molecule has 1 aliphatic heterocycles. The van der Waals surface area contributed by atoms with Crippen LogP contribution in [0.5, 0.6) is 5.75 Å². The highest BCUT2D eigenvalue weighted by molar-refractivity contribution is 5.41. The summed E-state index contributed by atoms with van der Waals surface area (Å²) in [5.74, 6) is 0.816. The molecule has 0 spiro atoms. The second-order valence-electron chi connectivity index (χ2n) is 9.38. The second-order valence-corrected chi connectivity index (χ2v) is 9.38. The van der Waals surface area contributed by atoms with Crippen molar-refractivity contribution in [3.63, 3.8) is 0 Å². The Morgan fingerprint density at radius 1 is 0.879 bits per heavy atom. The van der Waals surface area contributed by atoms with Crippen LogP contribution in [0.1, 0.15) is 67.8 Å². The summed E-state index contributed by atoms with van der Waals surface area (Å²) in [6.07, 6.45) is 5.04. The molecule has 1 N–H and O–H groups in total. The summed E-state index contributed by atoms with van der Waals surface area (Å²) in [4.78, 5) is 2.49. The van der Waals surface area contributed by atoms with Gasteiger partial charge in [0.2, 0.25) is 0 Å². The van der Waals surface area contributed by atoms with Crippen molar-refractivity contribution in [2.24, 2.45) is 5.92 Å². The number of nitrogens with zero attached hydrogens (tertiary/aromatic N) is 1. The lowest BCUT2D eigenvalue weighted by atomic mass is 9.65. The van der Waals surface area contributed by atoms with Crippen LogP contribution in [-0.4, -0.2) is 24.2 Å². The van der Waals surface area contributed by atoms with Gasteiger partial charge < -0.3 is 9.84 Å². The Kier molecular flexibility index (Phi) is 7.52. The number of hydrogen-bond donors (Lipinski definition) is 1. The van der Waals surface area contributed by atoms with Crippen molar-refractivity contribution in [3.8, 4) is 5.75 Å². The zero-order chi connectivity index (χ0) is 23.3. The van der Waals surface area contributed by atoms with Crippen LogP contribution in [0.15, 0.2) is 84.9 Å². The van der Waals surface area contributed by atoms with Crippen molar-refractivity contribution >= 4 is 0 Å². The molecule has 1 fully saturated rings. The standard InChI is InChI=1S/C30H37NO2/c1-4-5-8-20-26-29(24-17-11-7-12-18-24)31(2)27(23-15-9-6-10-16-23)22-30(26,32)25-19-13-14-21-28(25)33-3/h6-7,9-19,21,26-27,29,32H,4-5,8,20,22H2,1-3H3/t26-,27+,29-,30-/m1/s1. The Hall–Kier alpha value is -2.62. The lowest BCUT2D eigenvalue weighted by Crippen LogP contribution is -2.52. The molecule has 0 radical (unpaired) electrons. The topological polar surface area (TPSA) is 32.7 Å². The van der Waals surface area contributed by atoms with Crippen molar-refractivity contribution < 1.29 is 9.84 Å². The first kappa shape index (κ1) is 23.5. The zero-order valence-corrected chi connectivity index (χ0v) is 20.2. The van der Waals surface area contributed by atoms with E-state index in [2.05, 4.69) is 85.6 Å². The third-order valence-corrected chi connectivity index (χ3v) is 7.45. The van der Waals surface area contributed by atoms with Crippen molar-refractivity contribution in [3.05, 3.63) is 102 Å². The Morgan fingerprint density at radius 2 is 1.48 bits per heavy atom. The average Bonchev–Trinajstić information content (AvgIpc) is 2.87. The van der Waals surface area contributed by atoms with E-state index in [1.807, 2.05) is 18.2 Å². The van der Waals surface area contributed by atoms with Crippen LogP contribution >= 0.6 is 0 Å². The molecule has 1 heterocycles. The van der Waals surface area contributed by atoms with E-state index in [0.717, 1.165) is 30.6 Å². The van der Waals surface area contributed by atoms with Crippen LogP contribution in [0.4, 0.5) is 0 Å². The molecule has 4 atom stereocenters. The molecule has 1 saturated heterocycles. The molecule has 174 valence electrons. The predicted octanol–water partition coefficient (Wildman–Crippen LogP) is 6.90. The highest BCUT2D eigenvalue weighted by Crippen LogP contribution is 2.56. The SMILES string of the molecule is CCCCC[C@@H]1[C@@H](c2ccccc2)N(C)[C@H](c2ccccc2)C[C@@]1(O)c1ccccc1OC. The maximum atomic E-state index is 12.7. The molecule has 3 aromatic rings. The third-order valence-electron chi connectivity index (χ3n) is 7.45. The van der Waals surface area contributed by atoms with Gasteiger partial charge in [-0.1, -0.05) is 105 Å². The fourth-order valence-electron chi connectivity index (χ4n) is 5.80. The molecule has 0 bridgehead atoms. The smallest absolute Gasteiger partial charge is 0.124 e. The molecule has 33 heavy (non-hydrogen) atoms. The maximum absolute atomic E-state index is 12.7. The van der Waals surface area contributed by atoms with E-state index < -0.39 is 5.60 Å². The van der Waals surface area contributed by atoms with Gasteiger partial charge in [0.05, 0.1) is 12.7 Å². The maximum Gasteiger partial charge on any atom is 0.124 e. The van der Waals surface area contributed by atoms with Gasteiger partial charge in [-0.2, -0.15) is 0 Å². The lowest BCUT2D eigenvalue weighted by Gasteiger charge is -2.54. The van der Waals surface area contributed by atoms with Gasteiger partial charge in [-0.05, 0) is 30.7 Å². The minimum Gasteiger partial charge on any atom is -0.496 e. The predicted molar refractivity (Wildman–Crippen MR) is 135 cm³/mol. The fourth-order valence-corrected chi connectivity index (χ4v) is 5.80. The van der Waals surface area contributed by atoms with Crippen molar-refractivity contribution in [2.45, 2.75) is 56.7 Å². The first-order chi connectivity index (χ1) is 16.1. The summed E-state index contributed by atoms with van der Waals surface area (Å²) in [5, 5.41) is 12.7. The van der Waals surface area contributed by atoms with Gasteiger partial charge in [0, 0.05) is 30.0 Å².